The zero-order valence-corrected chi connectivity index (χ0v) is 13.0. The molecule has 2 aromatic heterocycles. The molecule has 0 radical (unpaired) electrons. The number of anilines is 1. The van der Waals surface area contributed by atoms with E-state index in [9.17, 15) is 4.79 Å². The maximum absolute atomic E-state index is 11.7. The second-order valence-corrected chi connectivity index (χ2v) is 5.43. The van der Waals surface area contributed by atoms with E-state index < -0.39 is 0 Å². The molecular weight excluding hydrogens is 282 g/mol. The van der Waals surface area contributed by atoms with Crippen LogP contribution in [0.25, 0.3) is 0 Å². The Kier molecular flexibility index (Phi) is 4.19. The lowest BCUT2D eigenvalue weighted by atomic mass is 10.3. The molecular formula is C14H21N7O. The van der Waals surface area contributed by atoms with Crippen LogP contribution in [0.3, 0.4) is 0 Å². The highest BCUT2D eigenvalue weighted by molar-refractivity contribution is 5.43. The fourth-order valence-corrected chi connectivity index (χ4v) is 2.67. The number of aromatic nitrogens is 5. The Bertz CT molecular complexity index is 684. The summed E-state index contributed by atoms with van der Waals surface area (Å²) < 4.78 is 3.27. The first-order valence-corrected chi connectivity index (χ1v) is 7.54. The van der Waals surface area contributed by atoms with Crippen molar-refractivity contribution in [2.45, 2.75) is 20.0 Å². The molecule has 0 atom stereocenters. The molecule has 1 aliphatic heterocycles. The molecule has 0 amide bonds. The lowest BCUT2D eigenvalue weighted by Gasteiger charge is -2.35. The topological polar surface area (TPSA) is 72.1 Å². The lowest BCUT2D eigenvalue weighted by molar-refractivity contribution is 0.239. The predicted octanol–water partition coefficient (Wildman–Crippen LogP) is -0.286. The van der Waals surface area contributed by atoms with Gasteiger partial charge in [0, 0.05) is 45.8 Å². The first-order chi connectivity index (χ1) is 10.7. The molecule has 3 rings (SSSR count). The Labute approximate surface area is 129 Å². The van der Waals surface area contributed by atoms with Crippen molar-refractivity contribution in [1.29, 1.82) is 0 Å². The quantitative estimate of drug-likeness (QED) is 0.773. The monoisotopic (exact) mass is 303 g/mol. The van der Waals surface area contributed by atoms with Crippen LogP contribution in [-0.4, -0.2) is 55.6 Å². The zero-order chi connectivity index (χ0) is 15.5. The number of hydrogen-bond acceptors (Lipinski definition) is 6. The van der Waals surface area contributed by atoms with E-state index in [0.29, 0.717) is 0 Å². The van der Waals surface area contributed by atoms with Gasteiger partial charge in [0.1, 0.15) is 12.2 Å². The normalized spacial score (nSPS) is 16.2. The van der Waals surface area contributed by atoms with Gasteiger partial charge in [-0.2, -0.15) is 10.2 Å². The highest BCUT2D eigenvalue weighted by Gasteiger charge is 2.19. The van der Waals surface area contributed by atoms with E-state index in [0.717, 1.165) is 50.8 Å². The Morgan fingerprint density at radius 1 is 1.18 bits per heavy atom. The van der Waals surface area contributed by atoms with Gasteiger partial charge < -0.3 is 4.90 Å². The molecule has 8 nitrogen and oxygen atoms in total. The molecule has 1 saturated heterocycles. The van der Waals surface area contributed by atoms with Gasteiger partial charge in [-0.15, -0.1) is 0 Å². The highest BCUT2D eigenvalue weighted by Crippen LogP contribution is 2.14. The van der Waals surface area contributed by atoms with Gasteiger partial charge in [-0.3, -0.25) is 9.69 Å². The maximum atomic E-state index is 11.7. The van der Waals surface area contributed by atoms with Gasteiger partial charge in [-0.25, -0.2) is 14.3 Å². The van der Waals surface area contributed by atoms with E-state index >= 15 is 0 Å². The second-order valence-electron chi connectivity index (χ2n) is 5.43. The summed E-state index contributed by atoms with van der Waals surface area (Å²) in [7, 11) is 1.66. The van der Waals surface area contributed by atoms with Crippen molar-refractivity contribution in [1.82, 2.24) is 29.4 Å². The van der Waals surface area contributed by atoms with Crippen molar-refractivity contribution in [3.63, 3.8) is 0 Å². The third-order valence-corrected chi connectivity index (χ3v) is 4.05. The van der Waals surface area contributed by atoms with Crippen LogP contribution in [0, 0.1) is 0 Å². The maximum Gasteiger partial charge on any atom is 0.268 e. The van der Waals surface area contributed by atoms with E-state index in [4.69, 9.17) is 0 Å². The van der Waals surface area contributed by atoms with Crippen LogP contribution in [0.4, 0.5) is 5.69 Å². The van der Waals surface area contributed by atoms with Crippen molar-refractivity contribution in [2.24, 2.45) is 7.05 Å². The Balaban J connectivity index is 1.60. The Morgan fingerprint density at radius 3 is 2.64 bits per heavy atom. The van der Waals surface area contributed by atoms with Crippen molar-refractivity contribution in [3.05, 3.63) is 34.8 Å². The van der Waals surface area contributed by atoms with Gasteiger partial charge in [-0.05, 0) is 6.92 Å². The molecule has 22 heavy (non-hydrogen) atoms. The molecule has 0 aromatic carbocycles. The zero-order valence-electron chi connectivity index (χ0n) is 13.0. The summed E-state index contributed by atoms with van der Waals surface area (Å²) in [5.41, 5.74) is 0.829. The first kappa shape index (κ1) is 14.7. The van der Waals surface area contributed by atoms with E-state index in [1.54, 1.807) is 25.6 Å². The van der Waals surface area contributed by atoms with Crippen molar-refractivity contribution in [2.75, 3.05) is 31.1 Å². The molecule has 0 aliphatic carbocycles. The van der Waals surface area contributed by atoms with Crippen molar-refractivity contribution >= 4 is 5.69 Å². The lowest BCUT2D eigenvalue weighted by Crippen LogP contribution is -2.46. The summed E-state index contributed by atoms with van der Waals surface area (Å²) >= 11 is 0. The SMILES string of the molecule is CCn1ncnc1CN1CCN(c2cnn(C)c(=O)c2)CC1. The van der Waals surface area contributed by atoms with Crippen LogP contribution < -0.4 is 10.5 Å². The highest BCUT2D eigenvalue weighted by atomic mass is 16.1. The van der Waals surface area contributed by atoms with Crippen molar-refractivity contribution < 1.29 is 0 Å². The summed E-state index contributed by atoms with van der Waals surface area (Å²) in [5.74, 6) is 1.01. The number of aryl methyl sites for hydroxylation is 2. The molecule has 0 bridgehead atoms. The molecule has 0 N–H and O–H groups in total. The van der Waals surface area contributed by atoms with Gasteiger partial charge in [0.15, 0.2) is 0 Å². The molecule has 0 saturated carbocycles. The minimum atomic E-state index is -0.0732. The smallest absolute Gasteiger partial charge is 0.268 e. The van der Waals surface area contributed by atoms with Crippen LogP contribution in [0.2, 0.25) is 0 Å². The third-order valence-electron chi connectivity index (χ3n) is 4.05. The van der Waals surface area contributed by atoms with Gasteiger partial charge in [0.25, 0.3) is 5.56 Å². The van der Waals surface area contributed by atoms with Gasteiger partial charge >= 0.3 is 0 Å². The van der Waals surface area contributed by atoms with Crippen LogP contribution in [0.15, 0.2) is 23.4 Å². The van der Waals surface area contributed by atoms with Gasteiger partial charge in [-0.1, -0.05) is 0 Å². The number of nitrogens with zero attached hydrogens (tertiary/aromatic N) is 7. The molecule has 1 aliphatic rings. The summed E-state index contributed by atoms with van der Waals surface area (Å²) in [5, 5.41) is 8.29. The molecule has 118 valence electrons. The van der Waals surface area contributed by atoms with Crippen molar-refractivity contribution in [3.8, 4) is 0 Å². The predicted molar refractivity (Wildman–Crippen MR) is 82.7 cm³/mol. The number of piperazine rings is 1. The fourth-order valence-electron chi connectivity index (χ4n) is 2.67. The molecule has 0 spiro atoms. The Hall–Kier alpha value is -2.22. The molecule has 0 unspecified atom stereocenters. The molecule has 8 heteroatoms. The van der Waals surface area contributed by atoms with Crippen LogP contribution in [0.5, 0.6) is 0 Å². The molecule has 1 fully saturated rings. The second kappa shape index (κ2) is 6.27. The van der Waals surface area contributed by atoms with Gasteiger partial charge in [0.2, 0.25) is 0 Å². The minimum Gasteiger partial charge on any atom is -0.368 e. The molecule has 2 aromatic rings. The summed E-state index contributed by atoms with van der Waals surface area (Å²) in [6.07, 6.45) is 3.37. The number of hydrogen-bond donors (Lipinski definition) is 0. The van der Waals surface area contributed by atoms with Gasteiger partial charge in [0.05, 0.1) is 18.4 Å². The first-order valence-electron chi connectivity index (χ1n) is 7.54. The summed E-state index contributed by atoms with van der Waals surface area (Å²) in [6.45, 7) is 7.37. The molecule has 3 heterocycles. The van der Waals surface area contributed by atoms with E-state index in [2.05, 4.69) is 31.9 Å². The third kappa shape index (κ3) is 3.01. The number of rotatable bonds is 4. The van der Waals surface area contributed by atoms with E-state index in [1.807, 2.05) is 4.68 Å². The van der Waals surface area contributed by atoms with E-state index in [-0.39, 0.29) is 5.56 Å². The van der Waals surface area contributed by atoms with Crippen LogP contribution in [0.1, 0.15) is 12.7 Å². The average Bonchev–Trinajstić information content (AvgIpc) is 2.98. The largest absolute Gasteiger partial charge is 0.368 e. The van der Waals surface area contributed by atoms with E-state index in [1.165, 1.54) is 4.68 Å². The summed E-state index contributed by atoms with van der Waals surface area (Å²) in [4.78, 5) is 20.6. The Morgan fingerprint density at radius 2 is 1.95 bits per heavy atom. The average molecular weight is 303 g/mol. The minimum absolute atomic E-state index is 0.0732. The van der Waals surface area contributed by atoms with Crippen LogP contribution in [-0.2, 0) is 20.1 Å². The van der Waals surface area contributed by atoms with Crippen LogP contribution >= 0.6 is 0 Å². The standard InChI is InChI=1S/C14H21N7O/c1-3-21-13(15-11-17-21)10-19-4-6-20(7-5-19)12-8-14(22)18(2)16-9-12/h8-9,11H,3-7,10H2,1-2H3. The summed E-state index contributed by atoms with van der Waals surface area (Å²) in [6, 6.07) is 1.65. The fraction of sp³-hybridized carbons (Fsp3) is 0.571.